The topological polar surface area (TPSA) is 110 Å². The molecule has 21 heavy (non-hydrogen) atoms. The smallest absolute Gasteiger partial charge is 0.270 e. The number of oxazole rings is 1. The van der Waals surface area contributed by atoms with Crippen LogP contribution in [0.5, 0.6) is 0 Å². The highest BCUT2D eigenvalue weighted by Gasteiger charge is 2.14. The van der Waals surface area contributed by atoms with Gasteiger partial charge in [-0.25, -0.2) is 15.0 Å². The van der Waals surface area contributed by atoms with Crippen molar-refractivity contribution < 1.29 is 9.21 Å². The number of nitrogens with two attached hydrogens (primary N) is 1. The number of carbonyl (C=O) groups excluding carboxylic acids is 1. The summed E-state index contributed by atoms with van der Waals surface area (Å²) in [5.74, 6) is 1.37. The van der Waals surface area contributed by atoms with Crippen molar-refractivity contribution in [1.29, 1.82) is 0 Å². The number of hydrogen-bond acceptors (Lipinski definition) is 7. The summed E-state index contributed by atoms with van der Waals surface area (Å²) in [7, 11) is 0. The van der Waals surface area contributed by atoms with Gasteiger partial charge in [0.15, 0.2) is 5.69 Å². The molecular formula is C13H16N6O2. The molecule has 8 heteroatoms. The van der Waals surface area contributed by atoms with Gasteiger partial charge in [-0.2, -0.15) is 0 Å². The number of nitrogens with zero attached hydrogens (tertiary/aromatic N) is 4. The number of rotatable bonds is 5. The Balaban J connectivity index is 1.64. The summed E-state index contributed by atoms with van der Waals surface area (Å²) >= 11 is 0. The average Bonchev–Trinajstić information content (AvgIpc) is 3.17. The van der Waals surface area contributed by atoms with Crippen molar-refractivity contribution in [1.82, 2.24) is 15.0 Å². The number of nitrogens with one attached hydrogen (secondary N) is 1. The van der Waals surface area contributed by atoms with Gasteiger partial charge in [0.25, 0.3) is 5.91 Å². The molecule has 0 spiro atoms. The molecule has 2 aromatic heterocycles. The van der Waals surface area contributed by atoms with Gasteiger partial charge >= 0.3 is 0 Å². The first-order valence-corrected chi connectivity index (χ1v) is 6.77. The van der Waals surface area contributed by atoms with E-state index < -0.39 is 5.91 Å². The Hall–Kier alpha value is -2.64. The molecule has 1 aliphatic rings. The number of aromatic nitrogens is 3. The van der Waals surface area contributed by atoms with Crippen LogP contribution in [0, 0.1) is 0 Å². The fourth-order valence-electron chi connectivity index (χ4n) is 2.23. The summed E-state index contributed by atoms with van der Waals surface area (Å²) in [4.78, 5) is 25.6. The highest BCUT2D eigenvalue weighted by molar-refractivity contribution is 5.90. The Labute approximate surface area is 121 Å². The lowest BCUT2D eigenvalue weighted by Crippen LogP contribution is -2.19. The molecule has 0 aromatic carbocycles. The number of primary amides is 1. The maximum Gasteiger partial charge on any atom is 0.270 e. The summed E-state index contributed by atoms with van der Waals surface area (Å²) in [6, 6.07) is 1.89. The van der Waals surface area contributed by atoms with Crippen LogP contribution in [-0.4, -0.2) is 33.9 Å². The minimum absolute atomic E-state index is 0.118. The highest BCUT2D eigenvalue weighted by Crippen LogP contribution is 2.19. The second-order valence-corrected chi connectivity index (χ2v) is 4.80. The standard InChI is InChI=1S/C13H16N6O2/c14-13(20)9-7-21-12(18-9)6-15-10-5-11(17-8-16-10)19-3-1-2-4-19/h5,7-8H,1-4,6H2,(H2,14,20)(H,15,16,17). The second-order valence-electron chi connectivity index (χ2n) is 4.80. The van der Waals surface area contributed by atoms with Gasteiger partial charge in [-0.05, 0) is 12.8 Å². The molecule has 0 aliphatic carbocycles. The van der Waals surface area contributed by atoms with Crippen LogP contribution >= 0.6 is 0 Å². The van der Waals surface area contributed by atoms with Crippen molar-refractivity contribution in [2.45, 2.75) is 19.4 Å². The second kappa shape index (κ2) is 5.78. The van der Waals surface area contributed by atoms with Crippen molar-refractivity contribution >= 4 is 17.5 Å². The zero-order chi connectivity index (χ0) is 14.7. The van der Waals surface area contributed by atoms with Crippen LogP contribution in [-0.2, 0) is 6.54 Å². The molecule has 0 saturated carbocycles. The third kappa shape index (κ3) is 3.10. The van der Waals surface area contributed by atoms with Crippen molar-refractivity contribution in [2.24, 2.45) is 5.73 Å². The molecule has 1 amide bonds. The number of hydrogen-bond donors (Lipinski definition) is 2. The lowest BCUT2D eigenvalue weighted by atomic mass is 10.4. The molecule has 8 nitrogen and oxygen atoms in total. The third-order valence-corrected chi connectivity index (χ3v) is 3.31. The van der Waals surface area contributed by atoms with Crippen molar-refractivity contribution in [3.05, 3.63) is 30.2 Å². The normalized spacial score (nSPS) is 14.4. The number of anilines is 2. The SMILES string of the molecule is NC(=O)c1coc(CNc2cc(N3CCCC3)ncn2)n1. The predicted molar refractivity (Wildman–Crippen MR) is 75.8 cm³/mol. The number of amides is 1. The van der Waals surface area contributed by atoms with E-state index in [1.54, 1.807) is 0 Å². The van der Waals surface area contributed by atoms with Gasteiger partial charge < -0.3 is 20.4 Å². The van der Waals surface area contributed by atoms with Crippen LogP contribution in [0.4, 0.5) is 11.6 Å². The maximum absolute atomic E-state index is 10.9. The predicted octanol–water partition coefficient (Wildman–Crippen LogP) is 0.776. The fourth-order valence-corrected chi connectivity index (χ4v) is 2.23. The zero-order valence-electron chi connectivity index (χ0n) is 11.5. The molecule has 1 aliphatic heterocycles. The van der Waals surface area contributed by atoms with Crippen LogP contribution in [0.2, 0.25) is 0 Å². The highest BCUT2D eigenvalue weighted by atomic mass is 16.3. The van der Waals surface area contributed by atoms with Crippen LogP contribution in [0.3, 0.4) is 0 Å². The van der Waals surface area contributed by atoms with Gasteiger partial charge in [0.1, 0.15) is 24.2 Å². The summed E-state index contributed by atoms with van der Waals surface area (Å²) in [6.07, 6.45) is 5.16. The summed E-state index contributed by atoms with van der Waals surface area (Å²) in [5, 5.41) is 3.09. The molecular weight excluding hydrogens is 272 g/mol. The van der Waals surface area contributed by atoms with Gasteiger partial charge in [0, 0.05) is 19.2 Å². The van der Waals surface area contributed by atoms with Gasteiger partial charge in [-0.3, -0.25) is 4.79 Å². The van der Waals surface area contributed by atoms with E-state index in [4.69, 9.17) is 10.2 Å². The summed E-state index contributed by atoms with van der Waals surface area (Å²) < 4.78 is 5.15. The summed E-state index contributed by atoms with van der Waals surface area (Å²) in [5.41, 5.74) is 5.23. The first kappa shape index (κ1) is 13.3. The van der Waals surface area contributed by atoms with Gasteiger partial charge in [-0.15, -0.1) is 0 Å². The number of carbonyl (C=O) groups is 1. The molecule has 0 bridgehead atoms. The van der Waals surface area contributed by atoms with Crippen molar-refractivity contribution in [3.63, 3.8) is 0 Å². The van der Waals surface area contributed by atoms with E-state index in [0.717, 1.165) is 18.9 Å². The molecule has 1 fully saturated rings. The molecule has 2 aromatic rings. The van der Waals surface area contributed by atoms with E-state index >= 15 is 0 Å². The fraction of sp³-hybridized carbons (Fsp3) is 0.385. The van der Waals surface area contributed by atoms with E-state index in [-0.39, 0.29) is 5.69 Å². The Bertz CT molecular complexity index is 635. The molecule has 0 atom stereocenters. The Morgan fingerprint density at radius 3 is 2.90 bits per heavy atom. The van der Waals surface area contributed by atoms with E-state index in [1.807, 2.05) is 6.07 Å². The van der Waals surface area contributed by atoms with Gasteiger partial charge in [0.2, 0.25) is 5.89 Å². The average molecular weight is 288 g/mol. The van der Waals surface area contributed by atoms with Crippen LogP contribution in [0.15, 0.2) is 23.1 Å². The monoisotopic (exact) mass is 288 g/mol. The van der Waals surface area contributed by atoms with E-state index in [2.05, 4.69) is 25.2 Å². The minimum Gasteiger partial charge on any atom is -0.446 e. The molecule has 0 radical (unpaired) electrons. The van der Waals surface area contributed by atoms with E-state index in [1.165, 1.54) is 25.4 Å². The molecule has 1 saturated heterocycles. The first-order chi connectivity index (χ1) is 10.2. The van der Waals surface area contributed by atoms with Crippen molar-refractivity contribution in [3.8, 4) is 0 Å². The van der Waals surface area contributed by atoms with Crippen molar-refractivity contribution in [2.75, 3.05) is 23.3 Å². The largest absolute Gasteiger partial charge is 0.446 e. The van der Waals surface area contributed by atoms with Gasteiger partial charge in [0.05, 0.1) is 6.54 Å². The minimum atomic E-state index is -0.608. The van der Waals surface area contributed by atoms with E-state index in [0.29, 0.717) is 18.3 Å². The first-order valence-electron chi connectivity index (χ1n) is 6.77. The summed E-state index contributed by atoms with van der Waals surface area (Å²) in [6.45, 7) is 2.38. The molecule has 0 unspecified atom stereocenters. The quantitative estimate of drug-likeness (QED) is 0.836. The lowest BCUT2D eigenvalue weighted by Gasteiger charge is -2.16. The van der Waals surface area contributed by atoms with Crippen LogP contribution < -0.4 is 16.0 Å². The Morgan fingerprint density at radius 2 is 2.19 bits per heavy atom. The van der Waals surface area contributed by atoms with Gasteiger partial charge in [-0.1, -0.05) is 0 Å². The third-order valence-electron chi connectivity index (χ3n) is 3.31. The van der Waals surface area contributed by atoms with E-state index in [9.17, 15) is 4.79 Å². The van der Waals surface area contributed by atoms with Crippen LogP contribution in [0.1, 0.15) is 29.2 Å². The lowest BCUT2D eigenvalue weighted by molar-refractivity contribution is 0.0995. The Morgan fingerprint density at radius 1 is 1.38 bits per heavy atom. The Kier molecular flexibility index (Phi) is 3.67. The zero-order valence-corrected chi connectivity index (χ0v) is 11.5. The molecule has 3 heterocycles. The molecule has 3 rings (SSSR count). The molecule has 3 N–H and O–H groups in total. The molecule has 110 valence electrons. The van der Waals surface area contributed by atoms with Crippen LogP contribution in [0.25, 0.3) is 0 Å². The maximum atomic E-state index is 10.9.